The summed E-state index contributed by atoms with van der Waals surface area (Å²) in [5, 5.41) is 12.1. The van der Waals surface area contributed by atoms with E-state index < -0.39 is 46.8 Å². The highest BCUT2D eigenvalue weighted by Gasteiger charge is 2.70. The van der Waals surface area contributed by atoms with E-state index >= 15 is 4.79 Å². The number of aromatic hydroxyl groups is 1. The molecular weight excluding hydrogens is 872 g/mol. The standard InChI is InChI=1S/C40H33I2N3O6/c1-21-8-12-25(13-9-21)43-45-37(48)30-20-29-27(16-17-28-33(29)38(49)44(36(28)47)26-14-10-24(41)11-15-26)34(22-18-31(42)35(46)32(19-22)51-2)40(30,39(45)50)23-6-4-3-5-7-23/h3-16,18-19,28-30,33-34,43,46H,17,20H2,1-2H3. The topological polar surface area (TPSA) is 116 Å². The largest absolute Gasteiger partial charge is 0.504 e. The van der Waals surface area contributed by atoms with Gasteiger partial charge in [0.1, 0.15) is 0 Å². The van der Waals surface area contributed by atoms with Crippen LogP contribution in [0.1, 0.15) is 35.4 Å². The number of halogens is 2. The summed E-state index contributed by atoms with van der Waals surface area (Å²) in [6.07, 6.45) is 2.54. The van der Waals surface area contributed by atoms with E-state index in [0.717, 1.165) is 19.7 Å². The number of methoxy groups -OCH3 is 1. The van der Waals surface area contributed by atoms with Gasteiger partial charge in [-0.15, -0.1) is 0 Å². The van der Waals surface area contributed by atoms with Crippen molar-refractivity contribution in [2.75, 3.05) is 17.4 Å². The summed E-state index contributed by atoms with van der Waals surface area (Å²) in [5.41, 5.74) is 6.02. The Morgan fingerprint density at radius 3 is 2.25 bits per heavy atom. The summed E-state index contributed by atoms with van der Waals surface area (Å²) in [6, 6.07) is 27.7. The normalized spacial score (nSPS) is 26.8. The Hall–Kier alpha value is -4.24. The lowest BCUT2D eigenvalue weighted by molar-refractivity contribution is -0.138. The Morgan fingerprint density at radius 1 is 0.863 bits per heavy atom. The highest BCUT2D eigenvalue weighted by Crippen LogP contribution is 2.64. The first-order chi connectivity index (χ1) is 24.6. The third-order valence-electron chi connectivity index (χ3n) is 11.1. The Bertz CT molecular complexity index is 2140. The van der Waals surface area contributed by atoms with Crippen molar-refractivity contribution >= 4 is 80.2 Å². The van der Waals surface area contributed by atoms with Gasteiger partial charge in [-0.2, -0.15) is 5.01 Å². The summed E-state index contributed by atoms with van der Waals surface area (Å²) in [7, 11) is 1.47. The van der Waals surface area contributed by atoms with Crippen molar-refractivity contribution in [3.63, 3.8) is 0 Å². The monoisotopic (exact) mass is 905 g/mol. The second kappa shape index (κ2) is 12.8. The van der Waals surface area contributed by atoms with Crippen LogP contribution in [0.5, 0.6) is 11.5 Å². The number of imide groups is 2. The number of nitrogens with zero attached hydrogens (tertiary/aromatic N) is 2. The molecule has 2 heterocycles. The molecular formula is C40H33I2N3O6. The second-order valence-electron chi connectivity index (χ2n) is 13.6. The molecule has 1 saturated carbocycles. The third-order valence-corrected chi connectivity index (χ3v) is 12.6. The number of amides is 4. The minimum atomic E-state index is -1.42. The Morgan fingerprint density at radius 2 is 1.57 bits per heavy atom. The fourth-order valence-corrected chi connectivity index (χ4v) is 9.87. The number of aryl methyl sites for hydroxylation is 1. The molecule has 0 radical (unpaired) electrons. The van der Waals surface area contributed by atoms with E-state index in [1.165, 1.54) is 12.0 Å². The quantitative estimate of drug-likeness (QED) is 0.121. The van der Waals surface area contributed by atoms with Gasteiger partial charge < -0.3 is 9.84 Å². The highest BCUT2D eigenvalue weighted by atomic mass is 127. The van der Waals surface area contributed by atoms with Crippen LogP contribution in [-0.4, -0.2) is 40.9 Å². The molecule has 0 bridgehead atoms. The van der Waals surface area contributed by atoms with Gasteiger partial charge in [0.2, 0.25) is 11.8 Å². The van der Waals surface area contributed by atoms with E-state index in [4.69, 9.17) is 4.74 Å². The van der Waals surface area contributed by atoms with Gasteiger partial charge in [0.25, 0.3) is 11.8 Å². The maximum atomic E-state index is 15.3. The molecule has 2 aliphatic carbocycles. The van der Waals surface area contributed by atoms with Gasteiger partial charge in [-0.25, -0.2) is 0 Å². The average molecular weight is 906 g/mol. The smallest absolute Gasteiger partial charge is 0.260 e. The number of hydrazine groups is 1. The summed E-state index contributed by atoms with van der Waals surface area (Å²) in [5.74, 6) is -4.59. The fraction of sp³-hybridized carbons (Fsp3) is 0.250. The van der Waals surface area contributed by atoms with Crippen molar-refractivity contribution in [2.45, 2.75) is 31.1 Å². The van der Waals surface area contributed by atoms with Crippen LogP contribution in [0.2, 0.25) is 0 Å². The number of hydrogen-bond donors (Lipinski definition) is 2. The predicted molar refractivity (Wildman–Crippen MR) is 208 cm³/mol. The molecule has 6 unspecified atom stereocenters. The van der Waals surface area contributed by atoms with Crippen molar-refractivity contribution in [3.05, 3.63) is 126 Å². The maximum Gasteiger partial charge on any atom is 0.260 e. The molecule has 4 aliphatic rings. The van der Waals surface area contributed by atoms with E-state index in [-0.39, 0.29) is 29.7 Å². The van der Waals surface area contributed by atoms with Crippen LogP contribution < -0.4 is 15.1 Å². The van der Waals surface area contributed by atoms with Crippen molar-refractivity contribution in [2.24, 2.45) is 23.7 Å². The average Bonchev–Trinajstić information content (AvgIpc) is 3.51. The summed E-state index contributed by atoms with van der Waals surface area (Å²) >= 11 is 4.23. The van der Waals surface area contributed by atoms with Crippen molar-refractivity contribution < 1.29 is 29.0 Å². The van der Waals surface area contributed by atoms with Gasteiger partial charge in [0, 0.05) is 9.49 Å². The number of rotatable bonds is 6. The first kappa shape index (κ1) is 33.9. The minimum Gasteiger partial charge on any atom is -0.504 e. The van der Waals surface area contributed by atoms with E-state index in [1.807, 2.05) is 108 Å². The summed E-state index contributed by atoms with van der Waals surface area (Å²) < 4.78 is 7.12. The van der Waals surface area contributed by atoms with Crippen LogP contribution in [0.15, 0.2) is 103 Å². The van der Waals surface area contributed by atoms with Crippen LogP contribution >= 0.6 is 45.2 Å². The Labute approximate surface area is 322 Å². The van der Waals surface area contributed by atoms with E-state index in [9.17, 15) is 19.5 Å². The number of fused-ring (bicyclic) bond motifs is 4. The number of ether oxygens (including phenoxy) is 1. The maximum absolute atomic E-state index is 15.3. The van der Waals surface area contributed by atoms with Gasteiger partial charge in [0.15, 0.2) is 11.5 Å². The Balaban J connectivity index is 1.34. The molecule has 4 aromatic carbocycles. The highest BCUT2D eigenvalue weighted by molar-refractivity contribution is 14.1. The van der Waals surface area contributed by atoms with Crippen molar-refractivity contribution in [1.82, 2.24) is 5.01 Å². The minimum absolute atomic E-state index is 0.0292. The zero-order valence-corrected chi connectivity index (χ0v) is 32.0. The van der Waals surface area contributed by atoms with Gasteiger partial charge in [-0.1, -0.05) is 59.7 Å². The van der Waals surface area contributed by atoms with Crippen LogP contribution in [0.4, 0.5) is 11.4 Å². The van der Waals surface area contributed by atoms with E-state index in [0.29, 0.717) is 32.5 Å². The molecule has 51 heavy (non-hydrogen) atoms. The lowest BCUT2D eigenvalue weighted by Crippen LogP contribution is -2.53. The number of benzene rings is 4. The molecule has 4 aromatic rings. The molecule has 2 saturated heterocycles. The number of hydrogen-bond acceptors (Lipinski definition) is 7. The lowest BCUT2D eigenvalue weighted by atomic mass is 9.49. The zero-order valence-electron chi connectivity index (χ0n) is 27.7. The van der Waals surface area contributed by atoms with Gasteiger partial charge in [-0.05, 0) is 131 Å². The fourth-order valence-electron chi connectivity index (χ4n) is 8.88. The number of carbonyl (C=O) groups excluding carboxylic acids is 4. The molecule has 4 amide bonds. The summed E-state index contributed by atoms with van der Waals surface area (Å²) in [6.45, 7) is 1.96. The van der Waals surface area contributed by atoms with Crippen molar-refractivity contribution in [3.8, 4) is 11.5 Å². The molecule has 8 rings (SSSR count). The number of anilines is 2. The van der Waals surface area contributed by atoms with Crippen LogP contribution in [-0.2, 0) is 24.6 Å². The Kier molecular flexibility index (Phi) is 8.48. The zero-order chi connectivity index (χ0) is 35.8. The van der Waals surface area contributed by atoms with Gasteiger partial charge >= 0.3 is 0 Å². The number of allylic oxidation sites excluding steroid dienone is 2. The molecule has 6 atom stereocenters. The van der Waals surface area contributed by atoms with Gasteiger partial charge in [-0.3, -0.25) is 29.5 Å². The van der Waals surface area contributed by atoms with Gasteiger partial charge in [0.05, 0.1) is 45.2 Å². The number of carbonyl (C=O) groups is 4. The predicted octanol–water partition coefficient (Wildman–Crippen LogP) is 7.11. The first-order valence-electron chi connectivity index (χ1n) is 16.7. The lowest BCUT2D eigenvalue weighted by Gasteiger charge is -2.50. The molecule has 2 aliphatic heterocycles. The molecule has 2 N–H and O–H groups in total. The molecule has 0 spiro atoms. The van der Waals surface area contributed by atoms with E-state index in [1.54, 1.807) is 18.2 Å². The first-order valence-corrected chi connectivity index (χ1v) is 18.9. The molecule has 3 fully saturated rings. The van der Waals surface area contributed by atoms with Crippen LogP contribution in [0.25, 0.3) is 0 Å². The van der Waals surface area contributed by atoms with Crippen LogP contribution in [0, 0.1) is 37.7 Å². The SMILES string of the molecule is COc1cc(C2C3=CCC4C(=O)N(c5ccc(I)cc5)C(=O)C4C3CC3C(=O)N(Nc4ccc(C)cc4)C(=O)C32c2ccccc2)cc(I)c1O. The van der Waals surface area contributed by atoms with Crippen molar-refractivity contribution in [1.29, 1.82) is 0 Å². The van der Waals surface area contributed by atoms with Crippen LogP contribution in [0.3, 0.4) is 0 Å². The molecule has 11 heteroatoms. The van der Waals surface area contributed by atoms with E-state index in [2.05, 4.69) is 28.0 Å². The molecule has 258 valence electrons. The number of phenolic OH excluding ortho intramolecular Hbond substituents is 1. The summed E-state index contributed by atoms with van der Waals surface area (Å²) in [4.78, 5) is 60.0. The second-order valence-corrected chi connectivity index (χ2v) is 16.0. The third kappa shape index (κ3) is 5.12. The molecule has 9 nitrogen and oxygen atoms in total. The molecule has 0 aromatic heterocycles. The number of nitrogens with one attached hydrogen (secondary N) is 1. The number of phenols is 1.